The zero-order chi connectivity index (χ0) is 19.4. The lowest BCUT2D eigenvalue weighted by molar-refractivity contribution is -0.384. The van der Waals surface area contributed by atoms with Gasteiger partial charge in [0.05, 0.1) is 10.7 Å². The second-order valence-electron chi connectivity index (χ2n) is 5.76. The van der Waals surface area contributed by atoms with Crippen molar-refractivity contribution < 1.29 is 14.1 Å². The molecular weight excluding hydrogens is 368 g/mol. The van der Waals surface area contributed by atoms with Gasteiger partial charge in [-0.25, -0.2) is 0 Å². The van der Waals surface area contributed by atoms with Gasteiger partial charge in [0.25, 0.3) is 10.9 Å². The monoisotopic (exact) mass is 384 g/mol. The average Bonchev–Trinajstić information content (AvgIpc) is 3.13. The number of nitro benzene ring substituents is 1. The summed E-state index contributed by atoms with van der Waals surface area (Å²) in [5, 5.41) is 21.7. The first-order valence-corrected chi connectivity index (χ1v) is 9.00. The van der Waals surface area contributed by atoms with Crippen LogP contribution in [0.1, 0.15) is 11.1 Å². The molecule has 0 radical (unpaired) electrons. The van der Waals surface area contributed by atoms with E-state index in [-0.39, 0.29) is 28.5 Å². The van der Waals surface area contributed by atoms with Gasteiger partial charge in [0.2, 0.25) is 11.8 Å². The number of aryl methyl sites for hydroxylation is 1. The van der Waals surface area contributed by atoms with E-state index in [1.807, 2.05) is 32.0 Å². The number of anilines is 1. The van der Waals surface area contributed by atoms with Crippen LogP contribution in [0.3, 0.4) is 0 Å². The quantitative estimate of drug-likeness (QED) is 0.388. The minimum absolute atomic E-state index is 0.0622. The molecule has 0 aliphatic heterocycles. The van der Waals surface area contributed by atoms with Crippen molar-refractivity contribution in [1.29, 1.82) is 0 Å². The summed E-state index contributed by atoms with van der Waals surface area (Å²) in [5.74, 6) is 0.0733. The molecule has 0 spiro atoms. The third kappa shape index (κ3) is 4.50. The molecular formula is C18H16N4O4S. The number of nitrogens with zero attached hydrogens (tertiary/aromatic N) is 3. The Morgan fingerprint density at radius 3 is 2.78 bits per heavy atom. The van der Waals surface area contributed by atoms with E-state index in [9.17, 15) is 14.9 Å². The minimum Gasteiger partial charge on any atom is -0.411 e. The molecule has 0 aliphatic carbocycles. The number of rotatable bonds is 6. The van der Waals surface area contributed by atoms with Crippen LogP contribution in [0.25, 0.3) is 11.5 Å². The topological polar surface area (TPSA) is 111 Å². The van der Waals surface area contributed by atoms with Gasteiger partial charge < -0.3 is 9.73 Å². The summed E-state index contributed by atoms with van der Waals surface area (Å²) in [5.41, 5.74) is 3.26. The van der Waals surface area contributed by atoms with Crippen molar-refractivity contribution in [2.75, 3.05) is 11.1 Å². The highest BCUT2D eigenvalue weighted by atomic mass is 32.2. The molecule has 0 fully saturated rings. The molecule has 0 bridgehead atoms. The van der Waals surface area contributed by atoms with Crippen molar-refractivity contribution in [3.05, 3.63) is 63.7 Å². The molecule has 1 N–H and O–H groups in total. The molecule has 1 aromatic heterocycles. The molecule has 3 aromatic rings. The third-order valence-electron chi connectivity index (χ3n) is 3.92. The maximum Gasteiger partial charge on any atom is 0.277 e. The van der Waals surface area contributed by atoms with E-state index in [0.717, 1.165) is 28.6 Å². The number of hydrogen-bond acceptors (Lipinski definition) is 7. The highest BCUT2D eigenvalue weighted by Crippen LogP contribution is 2.26. The van der Waals surface area contributed by atoms with Gasteiger partial charge in [-0.1, -0.05) is 30.0 Å². The predicted molar refractivity (Wildman–Crippen MR) is 102 cm³/mol. The first-order valence-electron chi connectivity index (χ1n) is 8.01. The van der Waals surface area contributed by atoms with E-state index >= 15 is 0 Å². The fourth-order valence-electron chi connectivity index (χ4n) is 2.34. The number of hydrogen-bond donors (Lipinski definition) is 1. The van der Waals surface area contributed by atoms with Gasteiger partial charge >= 0.3 is 0 Å². The normalized spacial score (nSPS) is 10.6. The molecule has 0 unspecified atom stereocenters. The molecule has 0 aliphatic rings. The zero-order valence-electron chi connectivity index (χ0n) is 14.6. The number of amides is 1. The smallest absolute Gasteiger partial charge is 0.277 e. The van der Waals surface area contributed by atoms with Crippen molar-refractivity contribution in [2.45, 2.75) is 19.1 Å². The standard InChI is InChI=1S/C18H16N4O4S/c1-11-5-3-8-15(12(11)2)19-16(23)10-27-18-21-20-17(26-18)13-6-4-7-14(9-13)22(24)25/h3-9H,10H2,1-2H3,(H,19,23). The Morgan fingerprint density at radius 2 is 2.00 bits per heavy atom. The van der Waals surface area contributed by atoms with Gasteiger partial charge in [0, 0.05) is 23.4 Å². The Morgan fingerprint density at radius 1 is 1.22 bits per heavy atom. The maximum absolute atomic E-state index is 12.1. The number of nitrogens with one attached hydrogen (secondary N) is 1. The van der Waals surface area contributed by atoms with Gasteiger partial charge in [0.1, 0.15) is 0 Å². The third-order valence-corrected chi connectivity index (χ3v) is 4.73. The van der Waals surface area contributed by atoms with Crippen molar-refractivity contribution in [3.63, 3.8) is 0 Å². The second-order valence-corrected chi connectivity index (χ2v) is 6.69. The Labute approximate surface area is 159 Å². The second kappa shape index (κ2) is 8.00. The van der Waals surface area contributed by atoms with E-state index in [0.29, 0.717) is 5.56 Å². The molecule has 1 heterocycles. The van der Waals surface area contributed by atoms with Crippen molar-refractivity contribution in [3.8, 4) is 11.5 Å². The Hall–Kier alpha value is -3.20. The summed E-state index contributed by atoms with van der Waals surface area (Å²) in [4.78, 5) is 22.5. The van der Waals surface area contributed by atoms with Gasteiger partial charge in [0.15, 0.2) is 0 Å². The molecule has 3 rings (SSSR count). The summed E-state index contributed by atoms with van der Waals surface area (Å²) >= 11 is 1.10. The number of nitro groups is 1. The number of carbonyl (C=O) groups is 1. The number of aromatic nitrogens is 2. The van der Waals surface area contributed by atoms with Crippen LogP contribution in [0.2, 0.25) is 0 Å². The Balaban J connectivity index is 1.63. The summed E-state index contributed by atoms with van der Waals surface area (Å²) in [6.07, 6.45) is 0. The van der Waals surface area contributed by atoms with Crippen LogP contribution in [-0.4, -0.2) is 26.8 Å². The molecule has 0 atom stereocenters. The lowest BCUT2D eigenvalue weighted by atomic mass is 10.1. The molecule has 9 heteroatoms. The number of carbonyl (C=O) groups excluding carboxylic acids is 1. The molecule has 0 saturated carbocycles. The lowest BCUT2D eigenvalue weighted by Crippen LogP contribution is -2.15. The van der Waals surface area contributed by atoms with Crippen LogP contribution >= 0.6 is 11.8 Å². The summed E-state index contributed by atoms with van der Waals surface area (Å²) in [6, 6.07) is 11.6. The van der Waals surface area contributed by atoms with Crippen molar-refractivity contribution >= 4 is 29.0 Å². The van der Waals surface area contributed by atoms with E-state index in [2.05, 4.69) is 15.5 Å². The van der Waals surface area contributed by atoms with Gasteiger partial charge in [-0.05, 0) is 37.1 Å². The number of thioether (sulfide) groups is 1. The van der Waals surface area contributed by atoms with Crippen LogP contribution in [0, 0.1) is 24.0 Å². The Kier molecular flexibility index (Phi) is 5.51. The van der Waals surface area contributed by atoms with Crippen molar-refractivity contribution in [2.24, 2.45) is 0 Å². The molecule has 1 amide bonds. The molecule has 138 valence electrons. The zero-order valence-corrected chi connectivity index (χ0v) is 15.4. The summed E-state index contributed by atoms with van der Waals surface area (Å²) in [6.45, 7) is 3.93. The molecule has 0 saturated heterocycles. The van der Waals surface area contributed by atoms with E-state index in [1.165, 1.54) is 12.1 Å². The minimum atomic E-state index is -0.493. The molecule has 8 nitrogen and oxygen atoms in total. The van der Waals surface area contributed by atoms with Crippen LogP contribution in [0.5, 0.6) is 0 Å². The fraction of sp³-hybridized carbons (Fsp3) is 0.167. The number of non-ortho nitro benzene ring substituents is 1. The van der Waals surface area contributed by atoms with E-state index < -0.39 is 4.92 Å². The maximum atomic E-state index is 12.1. The van der Waals surface area contributed by atoms with Crippen LogP contribution in [0.4, 0.5) is 11.4 Å². The molecule has 2 aromatic carbocycles. The van der Waals surface area contributed by atoms with E-state index in [1.54, 1.807) is 12.1 Å². The first-order chi connectivity index (χ1) is 12.9. The SMILES string of the molecule is Cc1cccc(NC(=O)CSc2nnc(-c3cccc([N+](=O)[O-])c3)o2)c1C. The number of benzene rings is 2. The highest BCUT2D eigenvalue weighted by Gasteiger charge is 2.14. The molecule has 27 heavy (non-hydrogen) atoms. The van der Waals surface area contributed by atoms with Crippen LogP contribution < -0.4 is 5.32 Å². The lowest BCUT2D eigenvalue weighted by Gasteiger charge is -2.09. The predicted octanol–water partition coefficient (Wildman–Crippen LogP) is 3.99. The Bertz CT molecular complexity index is 1000. The van der Waals surface area contributed by atoms with Gasteiger partial charge in [-0.2, -0.15) is 0 Å². The van der Waals surface area contributed by atoms with Crippen molar-refractivity contribution in [1.82, 2.24) is 10.2 Å². The first kappa shape index (κ1) is 18.6. The van der Waals surface area contributed by atoms with Gasteiger partial charge in [-0.3, -0.25) is 14.9 Å². The van der Waals surface area contributed by atoms with Gasteiger partial charge in [-0.15, -0.1) is 10.2 Å². The largest absolute Gasteiger partial charge is 0.411 e. The van der Waals surface area contributed by atoms with Crippen LogP contribution in [0.15, 0.2) is 52.1 Å². The van der Waals surface area contributed by atoms with Crippen LogP contribution in [-0.2, 0) is 4.79 Å². The summed E-state index contributed by atoms with van der Waals surface area (Å²) in [7, 11) is 0. The average molecular weight is 384 g/mol. The van der Waals surface area contributed by atoms with E-state index in [4.69, 9.17) is 4.42 Å². The summed E-state index contributed by atoms with van der Waals surface area (Å²) < 4.78 is 5.49. The highest BCUT2D eigenvalue weighted by molar-refractivity contribution is 7.99. The fourth-order valence-corrected chi connectivity index (χ4v) is 2.90.